The third-order valence-electron chi connectivity index (χ3n) is 16.6. The molecule has 0 saturated carbocycles. The quantitative estimate of drug-likeness (QED) is 0.165. The molecule has 0 spiro atoms. The Bertz CT molecular complexity index is 2920. The zero-order valence-electron chi connectivity index (χ0n) is 42.3. The molecule has 10 rings (SSSR count). The second-order valence-corrected chi connectivity index (χ2v) is 25.5. The van der Waals surface area contributed by atoms with Crippen LogP contribution in [0, 0.1) is 6.92 Å². The lowest BCUT2D eigenvalue weighted by Crippen LogP contribution is -2.61. The van der Waals surface area contributed by atoms with E-state index < -0.39 is 0 Å². The van der Waals surface area contributed by atoms with Gasteiger partial charge in [0.15, 0.2) is 0 Å². The summed E-state index contributed by atoms with van der Waals surface area (Å²) in [6.07, 6.45) is 4.69. The van der Waals surface area contributed by atoms with Crippen LogP contribution in [0.15, 0.2) is 83.3 Å². The van der Waals surface area contributed by atoms with Crippen molar-refractivity contribution >= 4 is 68.4 Å². The number of hydrogen-bond donors (Lipinski definition) is 0. The number of aryl methyl sites for hydroxylation is 1. The molecule has 2 aliphatic heterocycles. The van der Waals surface area contributed by atoms with E-state index in [2.05, 4.69) is 206 Å². The number of anilines is 6. The molecule has 2 aliphatic carbocycles. The van der Waals surface area contributed by atoms with Crippen LogP contribution >= 0.6 is 0 Å². The second kappa shape index (κ2) is 13.7. The van der Waals surface area contributed by atoms with Gasteiger partial charge in [0.2, 0.25) is 0 Å². The molecule has 0 bridgehead atoms. The number of rotatable bonds is 3. The van der Waals surface area contributed by atoms with Gasteiger partial charge in [-0.1, -0.05) is 141 Å². The van der Waals surface area contributed by atoms with Crippen molar-refractivity contribution in [3.63, 3.8) is 0 Å². The fourth-order valence-corrected chi connectivity index (χ4v) is 12.0. The average Bonchev–Trinajstić information content (AvgIpc) is 3.58. The molecule has 0 saturated heterocycles. The van der Waals surface area contributed by atoms with E-state index in [1.807, 2.05) is 0 Å². The topological polar surface area (TPSA) is 19.6 Å². The van der Waals surface area contributed by atoms with Crippen molar-refractivity contribution < 1.29 is 4.42 Å². The lowest BCUT2D eigenvalue weighted by Gasteiger charge is -2.45. The minimum absolute atomic E-state index is 0.0356. The monoisotopic (exact) mass is 849 g/mol. The molecular formula is C60H73BN2O. The van der Waals surface area contributed by atoms with Crippen LogP contribution in [-0.4, -0.2) is 6.71 Å². The molecule has 1 aromatic heterocycles. The molecule has 3 heterocycles. The van der Waals surface area contributed by atoms with Crippen LogP contribution in [0.2, 0.25) is 0 Å². The highest BCUT2D eigenvalue weighted by molar-refractivity contribution is 7.00. The van der Waals surface area contributed by atoms with Gasteiger partial charge >= 0.3 is 0 Å². The molecule has 0 fully saturated rings. The van der Waals surface area contributed by atoms with Gasteiger partial charge in [0.05, 0.1) is 11.3 Å². The van der Waals surface area contributed by atoms with Gasteiger partial charge in [-0.05, 0) is 175 Å². The number of nitrogens with zero attached hydrogens (tertiary/aromatic N) is 2. The summed E-state index contributed by atoms with van der Waals surface area (Å²) in [5.41, 5.74) is 23.6. The average molecular weight is 849 g/mol. The van der Waals surface area contributed by atoms with Gasteiger partial charge in [0, 0.05) is 33.8 Å². The van der Waals surface area contributed by atoms with Gasteiger partial charge in [0.25, 0.3) is 6.71 Å². The maximum atomic E-state index is 7.62. The Balaban J connectivity index is 1.36. The fourth-order valence-electron chi connectivity index (χ4n) is 12.0. The highest BCUT2D eigenvalue weighted by Crippen LogP contribution is 2.54. The Morgan fingerprint density at radius 3 is 1.62 bits per heavy atom. The molecule has 0 unspecified atom stereocenters. The van der Waals surface area contributed by atoms with Gasteiger partial charge < -0.3 is 14.2 Å². The summed E-state index contributed by atoms with van der Waals surface area (Å²) in [5, 5.41) is 1.23. The summed E-state index contributed by atoms with van der Waals surface area (Å²) in [6.45, 7) is 40.5. The van der Waals surface area contributed by atoms with E-state index in [-0.39, 0.29) is 39.2 Å². The largest absolute Gasteiger partial charge is 0.468 e. The van der Waals surface area contributed by atoms with E-state index in [1.54, 1.807) is 0 Å². The summed E-state index contributed by atoms with van der Waals surface area (Å²) < 4.78 is 7.62. The highest BCUT2D eigenvalue weighted by Gasteiger charge is 2.49. The molecule has 4 heteroatoms. The standard InChI is InChI=1S/C60H73BN2O/c1-35(2)37-29-49-52-50(30-37)63(47-22-18-38(28-36(47)3)55(4,5)6)48-23-19-39(56(7,8)9)31-46(48)61(52)54-53(41-33-44-45(34-51(41)64-54)60(16,17)27-26-59(44,14)15)62(49)40-20-21-42-43(32-40)58(12,13)25-24-57(42,10)11/h18-23,28-35H,24-27H2,1-17H3. The molecule has 5 aromatic carbocycles. The van der Waals surface area contributed by atoms with E-state index in [9.17, 15) is 0 Å². The predicted octanol–water partition coefficient (Wildman–Crippen LogP) is 15.2. The van der Waals surface area contributed by atoms with Crippen molar-refractivity contribution in [3.8, 4) is 0 Å². The zero-order chi connectivity index (χ0) is 46.0. The predicted molar refractivity (Wildman–Crippen MR) is 277 cm³/mol. The molecular weight excluding hydrogens is 775 g/mol. The van der Waals surface area contributed by atoms with E-state index >= 15 is 0 Å². The molecule has 4 aliphatic rings. The Kier molecular flexibility index (Phi) is 9.24. The van der Waals surface area contributed by atoms with E-state index in [0.717, 1.165) is 17.7 Å². The number of fused-ring (bicyclic) bond motifs is 8. The van der Waals surface area contributed by atoms with Crippen LogP contribution in [0.1, 0.15) is 187 Å². The van der Waals surface area contributed by atoms with Crippen LogP contribution in [0.4, 0.5) is 34.1 Å². The van der Waals surface area contributed by atoms with Crippen LogP contribution in [-0.2, 0) is 32.5 Å². The van der Waals surface area contributed by atoms with Gasteiger partial charge in [-0.3, -0.25) is 0 Å². The van der Waals surface area contributed by atoms with Crippen LogP contribution < -0.4 is 26.4 Å². The Labute approximate surface area is 386 Å². The first-order valence-corrected chi connectivity index (χ1v) is 24.5. The first-order chi connectivity index (χ1) is 29.7. The van der Waals surface area contributed by atoms with Crippen LogP contribution in [0.3, 0.4) is 0 Å². The molecule has 0 atom stereocenters. The van der Waals surface area contributed by atoms with Gasteiger partial charge in [-0.15, -0.1) is 0 Å². The lowest BCUT2D eigenvalue weighted by atomic mass is 9.35. The van der Waals surface area contributed by atoms with Crippen molar-refractivity contribution in [2.24, 2.45) is 0 Å². The second-order valence-electron chi connectivity index (χ2n) is 25.5. The molecule has 0 N–H and O–H groups in total. The van der Waals surface area contributed by atoms with Crippen LogP contribution in [0.5, 0.6) is 0 Å². The van der Waals surface area contributed by atoms with Crippen molar-refractivity contribution in [1.82, 2.24) is 0 Å². The first-order valence-electron chi connectivity index (χ1n) is 24.5. The van der Waals surface area contributed by atoms with Crippen molar-refractivity contribution in [2.45, 2.75) is 182 Å². The zero-order valence-corrected chi connectivity index (χ0v) is 42.3. The van der Waals surface area contributed by atoms with E-state index in [1.165, 1.54) is 114 Å². The van der Waals surface area contributed by atoms with Crippen molar-refractivity contribution in [2.75, 3.05) is 9.80 Å². The lowest BCUT2D eigenvalue weighted by molar-refractivity contribution is 0.332. The highest BCUT2D eigenvalue weighted by atomic mass is 16.3. The molecule has 6 aromatic rings. The van der Waals surface area contributed by atoms with Gasteiger partial charge in [-0.2, -0.15) is 0 Å². The van der Waals surface area contributed by atoms with Gasteiger partial charge in [0.1, 0.15) is 5.58 Å². The van der Waals surface area contributed by atoms with E-state index in [4.69, 9.17) is 4.42 Å². The minimum atomic E-state index is -0.0985. The SMILES string of the molecule is Cc1cc(C(C)(C)C)ccc1N1c2ccc(C(C)(C)C)cc2B2c3oc4cc5c(cc4c3N(c3ccc4c(c3)C(C)(C)CCC4(C)C)c3cc(C(C)C)cc1c32)C(C)(C)CCC5(C)C. The van der Waals surface area contributed by atoms with Crippen LogP contribution in [0.25, 0.3) is 11.0 Å². The molecule has 0 radical (unpaired) electrons. The molecule has 332 valence electrons. The van der Waals surface area contributed by atoms with E-state index in [0.29, 0.717) is 5.92 Å². The van der Waals surface area contributed by atoms with Gasteiger partial charge in [-0.25, -0.2) is 0 Å². The number of furan rings is 1. The normalized spacial score (nSPS) is 19.0. The molecule has 3 nitrogen and oxygen atoms in total. The third kappa shape index (κ3) is 6.41. The number of hydrogen-bond acceptors (Lipinski definition) is 3. The number of benzene rings is 5. The summed E-state index contributed by atoms with van der Waals surface area (Å²) in [5.74, 6) is 0.318. The fraction of sp³-hybridized carbons (Fsp3) is 0.467. The summed E-state index contributed by atoms with van der Waals surface area (Å²) in [6, 6.07) is 32.1. The molecule has 0 amide bonds. The summed E-state index contributed by atoms with van der Waals surface area (Å²) in [7, 11) is 0. The smallest absolute Gasteiger partial charge is 0.297 e. The summed E-state index contributed by atoms with van der Waals surface area (Å²) in [4.78, 5) is 5.26. The Morgan fingerprint density at radius 2 is 1.06 bits per heavy atom. The Hall–Kier alpha value is -4.70. The maximum Gasteiger partial charge on any atom is 0.297 e. The molecule has 64 heavy (non-hydrogen) atoms. The summed E-state index contributed by atoms with van der Waals surface area (Å²) >= 11 is 0. The first kappa shape index (κ1) is 43.2. The van der Waals surface area contributed by atoms with Crippen molar-refractivity contribution in [1.29, 1.82) is 0 Å². The maximum absolute atomic E-state index is 7.62. The van der Waals surface area contributed by atoms with Crippen molar-refractivity contribution in [3.05, 3.63) is 123 Å². The third-order valence-corrected chi connectivity index (χ3v) is 16.6. The Morgan fingerprint density at radius 1 is 0.547 bits per heavy atom. The minimum Gasteiger partial charge on any atom is -0.468 e.